The highest BCUT2D eigenvalue weighted by atomic mass is 32.2. The van der Waals surface area contributed by atoms with Crippen molar-refractivity contribution in [1.29, 1.82) is 0 Å². The largest absolute Gasteiger partial charge is 0.299 e. The fraction of sp³-hybridized carbons (Fsp3) is 0.692. The number of sulfonamides is 1. The van der Waals surface area contributed by atoms with Crippen molar-refractivity contribution < 1.29 is 18.0 Å². The molecule has 5 nitrogen and oxygen atoms in total. The first-order valence-electron chi connectivity index (χ1n) is 17.3. The van der Waals surface area contributed by atoms with Gasteiger partial charge in [-0.15, -0.1) is 0 Å². The summed E-state index contributed by atoms with van der Waals surface area (Å²) in [6, 6.07) is 7.45. The second kappa shape index (κ2) is 10.4. The van der Waals surface area contributed by atoms with Crippen LogP contribution >= 0.6 is 0 Å². The SMILES string of the molecule is C=C(C)[C@@H]1CC[C@]2(C(C)=O)CC[C@]3(C)[C@H](CC[C@@H]4[C@@]5(C)CC=C(c6ccc(C(=O)NS(C)(=O)=O)cc6)C(C)(C)[C@@H]5CC[C@]43C)[C@@H]12. The summed E-state index contributed by atoms with van der Waals surface area (Å²) in [5.74, 6) is 2.46. The second-order valence-corrected chi connectivity index (χ2v) is 19.0. The van der Waals surface area contributed by atoms with Crippen molar-refractivity contribution in [2.45, 2.75) is 106 Å². The van der Waals surface area contributed by atoms with E-state index < -0.39 is 15.9 Å². The number of benzene rings is 1. The van der Waals surface area contributed by atoms with E-state index in [0.717, 1.165) is 43.9 Å². The molecular weight excluding hydrogens is 578 g/mol. The number of carbonyl (C=O) groups excluding carboxylic acids is 2. The lowest BCUT2D eigenvalue weighted by atomic mass is 9.32. The third-order valence-corrected chi connectivity index (χ3v) is 15.6. The summed E-state index contributed by atoms with van der Waals surface area (Å²) in [5.41, 5.74) is 4.50. The minimum atomic E-state index is -3.62. The third-order valence-electron chi connectivity index (χ3n) is 15.1. The maximum atomic E-state index is 13.4. The second-order valence-electron chi connectivity index (χ2n) is 17.2. The van der Waals surface area contributed by atoms with Gasteiger partial charge < -0.3 is 0 Å². The van der Waals surface area contributed by atoms with Crippen molar-refractivity contribution in [3.63, 3.8) is 0 Å². The molecule has 4 saturated carbocycles. The van der Waals surface area contributed by atoms with E-state index in [0.29, 0.717) is 40.9 Å². The van der Waals surface area contributed by atoms with E-state index in [1.54, 1.807) is 12.1 Å². The Balaban J connectivity index is 1.32. The van der Waals surface area contributed by atoms with Gasteiger partial charge in [0.15, 0.2) is 0 Å². The van der Waals surface area contributed by atoms with Gasteiger partial charge in [-0.2, -0.15) is 0 Å². The molecule has 1 aromatic rings. The van der Waals surface area contributed by atoms with Crippen LogP contribution in [0.15, 0.2) is 42.5 Å². The van der Waals surface area contributed by atoms with E-state index in [2.05, 4.69) is 58.9 Å². The number of nitrogens with one attached hydrogen (secondary N) is 1. The first kappa shape index (κ1) is 32.7. The fourth-order valence-electron chi connectivity index (χ4n) is 12.9. The van der Waals surface area contributed by atoms with E-state index in [1.165, 1.54) is 36.8 Å². The zero-order valence-corrected chi connectivity index (χ0v) is 29.7. The molecule has 6 heteroatoms. The molecule has 0 aromatic heterocycles. The van der Waals surface area contributed by atoms with Crippen molar-refractivity contribution in [1.82, 2.24) is 4.72 Å². The maximum Gasteiger partial charge on any atom is 0.264 e. The highest BCUT2D eigenvalue weighted by Crippen LogP contribution is 2.77. The molecule has 0 unspecified atom stereocenters. The molecule has 9 atom stereocenters. The van der Waals surface area contributed by atoms with Crippen LogP contribution in [0.4, 0.5) is 0 Å². The summed E-state index contributed by atoms with van der Waals surface area (Å²) in [4.78, 5) is 25.8. The van der Waals surface area contributed by atoms with E-state index in [9.17, 15) is 18.0 Å². The highest BCUT2D eigenvalue weighted by Gasteiger charge is 2.71. The first-order valence-corrected chi connectivity index (χ1v) is 19.2. The molecule has 1 amide bonds. The number of fused-ring (bicyclic) bond motifs is 7. The Morgan fingerprint density at radius 2 is 1.51 bits per heavy atom. The van der Waals surface area contributed by atoms with Gasteiger partial charge in [0.1, 0.15) is 5.78 Å². The first-order chi connectivity index (χ1) is 20.8. The minimum absolute atomic E-state index is 0.0462. The number of Topliss-reactive ketones (excluding diaryl/α,β-unsaturated/α-hetero) is 1. The van der Waals surface area contributed by atoms with E-state index in [1.807, 2.05) is 19.1 Å². The van der Waals surface area contributed by atoms with Gasteiger partial charge in [0.2, 0.25) is 10.0 Å². The Labute approximate surface area is 272 Å². The molecule has 45 heavy (non-hydrogen) atoms. The van der Waals surface area contributed by atoms with Gasteiger partial charge in [-0.3, -0.25) is 9.59 Å². The van der Waals surface area contributed by atoms with Crippen LogP contribution in [0, 0.1) is 56.7 Å². The maximum absolute atomic E-state index is 13.4. The zero-order valence-electron chi connectivity index (χ0n) is 28.9. The topological polar surface area (TPSA) is 80.3 Å². The van der Waals surface area contributed by atoms with E-state index in [-0.39, 0.29) is 27.1 Å². The molecule has 6 rings (SSSR count). The molecule has 1 aromatic carbocycles. The third kappa shape index (κ3) is 4.61. The molecule has 0 aliphatic heterocycles. The number of amides is 1. The molecule has 5 aliphatic rings. The van der Waals surface area contributed by atoms with Crippen molar-refractivity contribution in [3.05, 3.63) is 53.6 Å². The summed E-state index contributed by atoms with van der Waals surface area (Å²) in [5, 5.41) is 0. The van der Waals surface area contributed by atoms with E-state index in [4.69, 9.17) is 0 Å². The van der Waals surface area contributed by atoms with Crippen LogP contribution in [0.25, 0.3) is 5.57 Å². The molecule has 0 saturated heterocycles. The molecule has 5 aliphatic carbocycles. The van der Waals surface area contributed by atoms with Crippen molar-refractivity contribution >= 4 is 27.3 Å². The summed E-state index contributed by atoms with van der Waals surface area (Å²) < 4.78 is 25.2. The number of hydrogen-bond acceptors (Lipinski definition) is 4. The Kier molecular flexibility index (Phi) is 7.56. The van der Waals surface area contributed by atoms with Gasteiger partial charge >= 0.3 is 0 Å². The molecular formula is C39H55NO4S. The van der Waals surface area contributed by atoms with Crippen molar-refractivity contribution in [3.8, 4) is 0 Å². The number of rotatable bonds is 5. The monoisotopic (exact) mass is 633 g/mol. The lowest BCUT2D eigenvalue weighted by Gasteiger charge is -2.72. The lowest BCUT2D eigenvalue weighted by molar-refractivity contribution is -0.224. The summed E-state index contributed by atoms with van der Waals surface area (Å²) in [6.07, 6.45) is 13.8. The van der Waals surface area contributed by atoms with Crippen LogP contribution in [-0.2, 0) is 14.8 Å². The predicted octanol–water partition coefficient (Wildman–Crippen LogP) is 8.62. The Morgan fingerprint density at radius 3 is 2.11 bits per heavy atom. The quantitative estimate of drug-likeness (QED) is 0.329. The molecule has 4 fully saturated rings. The van der Waals surface area contributed by atoms with Crippen LogP contribution < -0.4 is 4.72 Å². The molecule has 1 N–H and O–H groups in total. The van der Waals surface area contributed by atoms with Gasteiger partial charge in [-0.25, -0.2) is 13.1 Å². The minimum Gasteiger partial charge on any atom is -0.299 e. The number of allylic oxidation sites excluding steroid dienone is 3. The van der Waals surface area contributed by atoms with Crippen LogP contribution in [-0.4, -0.2) is 26.4 Å². The molecule has 0 bridgehead atoms. The summed E-state index contributed by atoms with van der Waals surface area (Å²) >= 11 is 0. The van der Waals surface area contributed by atoms with Gasteiger partial charge in [-0.1, -0.05) is 65.0 Å². The molecule has 0 spiro atoms. The highest BCUT2D eigenvalue weighted by molar-refractivity contribution is 7.89. The summed E-state index contributed by atoms with van der Waals surface area (Å²) in [7, 11) is -3.62. The Morgan fingerprint density at radius 1 is 0.844 bits per heavy atom. The molecule has 246 valence electrons. The van der Waals surface area contributed by atoms with Gasteiger partial charge in [0.05, 0.1) is 6.26 Å². The van der Waals surface area contributed by atoms with Crippen LogP contribution in [0.3, 0.4) is 0 Å². The van der Waals surface area contributed by atoms with Gasteiger partial charge in [-0.05, 0) is 146 Å². The number of carbonyl (C=O) groups is 2. The Hall–Kier alpha value is -2.21. The fourth-order valence-corrected chi connectivity index (χ4v) is 13.3. The van der Waals surface area contributed by atoms with E-state index >= 15 is 0 Å². The lowest BCUT2D eigenvalue weighted by Crippen LogP contribution is -2.65. The zero-order chi connectivity index (χ0) is 33.0. The molecule has 0 radical (unpaired) electrons. The van der Waals surface area contributed by atoms with Gasteiger partial charge in [0, 0.05) is 11.0 Å². The van der Waals surface area contributed by atoms with Crippen LogP contribution in [0.1, 0.15) is 122 Å². The van der Waals surface area contributed by atoms with Crippen molar-refractivity contribution in [2.24, 2.45) is 56.7 Å². The normalized spacial score (nSPS) is 41.9. The predicted molar refractivity (Wildman–Crippen MR) is 182 cm³/mol. The molecule has 0 heterocycles. The van der Waals surface area contributed by atoms with Crippen LogP contribution in [0.2, 0.25) is 0 Å². The standard InChI is InChI=1S/C39H55NO4S/c1-24(2)28-16-21-39(25(3)41)23-22-37(7)30(33(28)39)14-15-32-36(6)19-17-29(35(4,5)31(36)18-20-38(32,37)8)26-10-12-27(13-11-26)34(42)40-45(9,43)44/h10-13,17,28,30-33H,1,14-16,18-23H2,2-9H3,(H,40,42)/t28-,30+,31-,32+,33+,36-,37+,38+,39+/m0/s1. The van der Waals surface area contributed by atoms with Crippen molar-refractivity contribution in [2.75, 3.05) is 6.26 Å². The van der Waals surface area contributed by atoms with Crippen LogP contribution in [0.5, 0.6) is 0 Å². The van der Waals surface area contributed by atoms with Gasteiger partial charge in [0.25, 0.3) is 5.91 Å². The number of ketones is 1. The summed E-state index contributed by atoms with van der Waals surface area (Å²) in [6.45, 7) is 21.2. The average Bonchev–Trinajstić information content (AvgIpc) is 3.34. The number of hydrogen-bond donors (Lipinski definition) is 1. The average molecular weight is 634 g/mol. The Bertz CT molecular complexity index is 1570. The smallest absolute Gasteiger partial charge is 0.264 e.